The summed E-state index contributed by atoms with van der Waals surface area (Å²) in [5.41, 5.74) is 0.961. The van der Waals surface area contributed by atoms with Crippen LogP contribution in [0.1, 0.15) is 5.56 Å². The molecule has 2 rings (SSSR count). The highest BCUT2D eigenvalue weighted by Crippen LogP contribution is 2.28. The second-order valence-electron chi connectivity index (χ2n) is 3.44. The summed E-state index contributed by atoms with van der Waals surface area (Å²) in [5, 5.41) is 0.667. The van der Waals surface area contributed by atoms with Gasteiger partial charge in [-0.15, -0.1) is 0 Å². The monoisotopic (exact) mass is 377 g/mol. The molecule has 1 heterocycles. The Balaban J connectivity index is 2.27. The predicted molar refractivity (Wildman–Crippen MR) is 71.0 cm³/mol. The molecule has 6 heteroatoms. The quantitative estimate of drug-likeness (QED) is 0.564. The van der Waals surface area contributed by atoms with Crippen molar-refractivity contribution in [2.75, 3.05) is 0 Å². The minimum absolute atomic E-state index is 0.205. The van der Waals surface area contributed by atoms with Gasteiger partial charge < -0.3 is 4.74 Å². The highest BCUT2D eigenvalue weighted by molar-refractivity contribution is 9.10. The Morgan fingerprint density at radius 1 is 1.22 bits per heavy atom. The number of halogens is 4. The van der Waals surface area contributed by atoms with Crippen molar-refractivity contribution in [3.8, 4) is 11.6 Å². The summed E-state index contributed by atoms with van der Waals surface area (Å²) in [7, 11) is 0. The zero-order valence-electron chi connectivity index (χ0n) is 8.96. The van der Waals surface area contributed by atoms with Crippen LogP contribution in [0.15, 0.2) is 34.9 Å². The molecule has 2 aromatic rings. The smallest absolute Gasteiger partial charge is 0.219 e. The van der Waals surface area contributed by atoms with Gasteiger partial charge >= 0.3 is 0 Å². The lowest BCUT2D eigenvalue weighted by Crippen LogP contribution is -1.94. The van der Waals surface area contributed by atoms with Gasteiger partial charge in [-0.1, -0.05) is 37.9 Å². The summed E-state index contributed by atoms with van der Waals surface area (Å²) in [4.78, 5) is 3.99. The van der Waals surface area contributed by atoms with Crippen LogP contribution in [-0.4, -0.2) is 4.98 Å². The summed E-state index contributed by atoms with van der Waals surface area (Å²) < 4.78 is 32.2. The highest BCUT2D eigenvalue weighted by Gasteiger charge is 2.12. The van der Waals surface area contributed by atoms with Crippen molar-refractivity contribution in [3.05, 3.63) is 52.1 Å². The lowest BCUT2D eigenvalue weighted by molar-refractivity contribution is 0.405. The number of hydrogen-bond acceptors (Lipinski definition) is 2. The molecule has 0 N–H and O–H groups in total. The SMILES string of the molecule is Fc1cc(Br)cc(Oc2ccc(CBr)cn2)c1F. The first kappa shape index (κ1) is 13.4. The Morgan fingerprint density at radius 3 is 2.61 bits per heavy atom. The van der Waals surface area contributed by atoms with Gasteiger partial charge in [-0.3, -0.25) is 0 Å². The zero-order chi connectivity index (χ0) is 13.1. The topological polar surface area (TPSA) is 22.1 Å². The maximum atomic E-state index is 13.5. The fraction of sp³-hybridized carbons (Fsp3) is 0.0833. The van der Waals surface area contributed by atoms with Gasteiger partial charge in [-0.2, -0.15) is 4.39 Å². The molecule has 0 aliphatic heterocycles. The molecule has 0 atom stereocenters. The maximum Gasteiger partial charge on any atom is 0.219 e. The molecule has 0 aliphatic carbocycles. The molecule has 0 saturated heterocycles. The molecule has 0 bridgehead atoms. The van der Waals surface area contributed by atoms with E-state index in [0.717, 1.165) is 11.6 Å². The average molecular weight is 379 g/mol. The molecule has 1 aromatic carbocycles. The fourth-order valence-electron chi connectivity index (χ4n) is 1.27. The van der Waals surface area contributed by atoms with Crippen molar-refractivity contribution in [2.45, 2.75) is 5.33 Å². The second-order valence-corrected chi connectivity index (χ2v) is 4.92. The van der Waals surface area contributed by atoms with Gasteiger partial charge in [0, 0.05) is 22.1 Å². The first-order valence-electron chi connectivity index (χ1n) is 4.93. The third-order valence-corrected chi connectivity index (χ3v) is 3.23. The summed E-state index contributed by atoms with van der Waals surface area (Å²) in [6, 6.07) is 5.75. The third kappa shape index (κ3) is 3.05. The van der Waals surface area contributed by atoms with Gasteiger partial charge in [-0.05, 0) is 17.7 Å². The van der Waals surface area contributed by atoms with Crippen molar-refractivity contribution in [1.82, 2.24) is 4.98 Å². The van der Waals surface area contributed by atoms with Crippen molar-refractivity contribution >= 4 is 31.9 Å². The molecular weight excluding hydrogens is 372 g/mol. The Hall–Kier alpha value is -1.01. The van der Waals surface area contributed by atoms with Crippen LogP contribution < -0.4 is 4.74 Å². The van der Waals surface area contributed by atoms with Crippen LogP contribution >= 0.6 is 31.9 Å². The number of nitrogens with zero attached hydrogens (tertiary/aromatic N) is 1. The first-order valence-corrected chi connectivity index (χ1v) is 6.85. The van der Waals surface area contributed by atoms with Gasteiger partial charge in [0.2, 0.25) is 11.7 Å². The van der Waals surface area contributed by atoms with E-state index in [-0.39, 0.29) is 11.6 Å². The summed E-state index contributed by atoms with van der Waals surface area (Å²) in [5.74, 6) is -2.02. The van der Waals surface area contributed by atoms with Crippen LogP contribution in [0.25, 0.3) is 0 Å². The lowest BCUT2D eigenvalue weighted by atomic mass is 10.3. The molecule has 0 saturated carbocycles. The van der Waals surface area contributed by atoms with Gasteiger partial charge in [0.1, 0.15) is 0 Å². The van der Waals surface area contributed by atoms with E-state index in [9.17, 15) is 8.78 Å². The van der Waals surface area contributed by atoms with Crippen molar-refractivity contribution < 1.29 is 13.5 Å². The molecule has 0 unspecified atom stereocenters. The average Bonchev–Trinajstić information content (AvgIpc) is 2.36. The zero-order valence-corrected chi connectivity index (χ0v) is 12.1. The van der Waals surface area contributed by atoms with Crippen LogP contribution in [0.5, 0.6) is 11.6 Å². The fourth-order valence-corrected chi connectivity index (χ4v) is 2.01. The summed E-state index contributed by atoms with van der Waals surface area (Å²) in [6.45, 7) is 0. The number of benzene rings is 1. The largest absolute Gasteiger partial charge is 0.436 e. The van der Waals surface area contributed by atoms with Crippen molar-refractivity contribution in [1.29, 1.82) is 0 Å². The number of rotatable bonds is 3. The van der Waals surface area contributed by atoms with E-state index in [1.807, 2.05) is 0 Å². The van der Waals surface area contributed by atoms with Crippen molar-refractivity contribution in [3.63, 3.8) is 0 Å². The summed E-state index contributed by atoms with van der Waals surface area (Å²) >= 11 is 6.35. The van der Waals surface area contributed by atoms with Crippen LogP contribution in [0.2, 0.25) is 0 Å². The lowest BCUT2D eigenvalue weighted by Gasteiger charge is -2.07. The third-order valence-electron chi connectivity index (χ3n) is 2.13. The Morgan fingerprint density at radius 2 is 2.00 bits per heavy atom. The molecule has 0 spiro atoms. The van der Waals surface area contributed by atoms with Crippen LogP contribution in [0.4, 0.5) is 8.78 Å². The molecule has 94 valence electrons. The number of aromatic nitrogens is 1. The van der Waals surface area contributed by atoms with Crippen LogP contribution in [-0.2, 0) is 5.33 Å². The molecule has 2 nitrogen and oxygen atoms in total. The van der Waals surface area contributed by atoms with E-state index in [2.05, 4.69) is 36.8 Å². The molecule has 18 heavy (non-hydrogen) atoms. The van der Waals surface area contributed by atoms with Gasteiger partial charge in [0.05, 0.1) is 0 Å². The van der Waals surface area contributed by atoms with Crippen LogP contribution in [0, 0.1) is 11.6 Å². The number of hydrogen-bond donors (Lipinski definition) is 0. The number of ether oxygens (including phenoxy) is 1. The van der Waals surface area contributed by atoms with E-state index in [1.165, 1.54) is 6.07 Å². The Kier molecular flexibility index (Phi) is 4.29. The standard InChI is InChI=1S/C12H7Br2F2NO/c13-5-7-1-2-11(17-6-7)18-10-4-8(14)3-9(15)12(10)16/h1-4,6H,5H2. The minimum Gasteiger partial charge on any atom is -0.436 e. The van der Waals surface area contributed by atoms with E-state index in [4.69, 9.17) is 4.74 Å². The van der Waals surface area contributed by atoms with Crippen molar-refractivity contribution in [2.24, 2.45) is 0 Å². The Bertz CT molecular complexity index is 561. The molecule has 1 aromatic heterocycles. The molecule has 0 aliphatic rings. The normalized spacial score (nSPS) is 10.4. The van der Waals surface area contributed by atoms with E-state index < -0.39 is 11.6 Å². The van der Waals surface area contributed by atoms with Crippen LogP contribution in [0.3, 0.4) is 0 Å². The summed E-state index contributed by atoms with van der Waals surface area (Å²) in [6.07, 6.45) is 1.59. The first-order chi connectivity index (χ1) is 8.60. The van der Waals surface area contributed by atoms with Gasteiger partial charge in [0.15, 0.2) is 11.6 Å². The highest BCUT2D eigenvalue weighted by atomic mass is 79.9. The van der Waals surface area contributed by atoms with Gasteiger partial charge in [-0.25, -0.2) is 9.37 Å². The van der Waals surface area contributed by atoms with Gasteiger partial charge in [0.25, 0.3) is 0 Å². The maximum absolute atomic E-state index is 13.5. The molecule has 0 fully saturated rings. The molecular formula is C12H7Br2F2NO. The molecule has 0 amide bonds. The van der Waals surface area contributed by atoms with E-state index in [0.29, 0.717) is 9.80 Å². The number of pyridine rings is 1. The minimum atomic E-state index is -1.04. The number of alkyl halides is 1. The second kappa shape index (κ2) is 5.75. The Labute approximate surface area is 119 Å². The predicted octanol–water partition coefficient (Wildman–Crippen LogP) is 4.81. The molecule has 0 radical (unpaired) electrons. The van der Waals surface area contributed by atoms with E-state index >= 15 is 0 Å². The van der Waals surface area contributed by atoms with E-state index in [1.54, 1.807) is 18.3 Å².